The molecule has 5 rings (SSSR count). The fourth-order valence-electron chi connectivity index (χ4n) is 8.52. The zero-order valence-corrected chi connectivity index (χ0v) is 23.4. The first kappa shape index (κ1) is 29.0. The average molecular weight is 555 g/mol. The van der Waals surface area contributed by atoms with E-state index in [4.69, 9.17) is 28.9 Å². The van der Waals surface area contributed by atoms with Gasteiger partial charge in [0.15, 0.2) is 5.78 Å². The minimum atomic E-state index is -1.58. The zero-order valence-electron chi connectivity index (χ0n) is 21.9. The summed E-state index contributed by atoms with van der Waals surface area (Å²) in [6.07, 6.45) is 6.28. The molecule has 4 saturated carbocycles. The van der Waals surface area contributed by atoms with Crippen LogP contribution in [0, 0.1) is 34.5 Å². The number of carbonyl (C=O) groups is 2. The van der Waals surface area contributed by atoms with Crippen molar-refractivity contribution in [2.75, 3.05) is 13.2 Å². The van der Waals surface area contributed by atoms with Gasteiger partial charge in [0.2, 0.25) is 0 Å². The number of hydrogen-bond acceptors (Lipinski definition) is 6. The Bertz CT molecular complexity index is 1040. The van der Waals surface area contributed by atoms with Gasteiger partial charge in [0.1, 0.15) is 18.0 Å². The molecule has 4 fully saturated rings. The highest BCUT2D eigenvalue weighted by Crippen LogP contribution is 2.67. The van der Waals surface area contributed by atoms with E-state index in [9.17, 15) is 24.9 Å². The first-order valence-electron chi connectivity index (χ1n) is 13.6. The molecule has 0 aliphatic heterocycles. The van der Waals surface area contributed by atoms with Crippen LogP contribution in [0.15, 0.2) is 18.2 Å². The monoisotopic (exact) mass is 553 g/mol. The third kappa shape index (κ3) is 4.92. The van der Waals surface area contributed by atoms with E-state index in [1.54, 1.807) is 6.07 Å². The van der Waals surface area contributed by atoms with Crippen LogP contribution in [0.2, 0.25) is 10.0 Å². The van der Waals surface area contributed by atoms with E-state index in [1.807, 2.05) is 19.1 Å². The van der Waals surface area contributed by atoms with Gasteiger partial charge in [-0.1, -0.05) is 43.1 Å². The Morgan fingerprint density at radius 3 is 2.51 bits per heavy atom. The topological polar surface area (TPSA) is 121 Å². The Labute approximate surface area is 229 Å². The fourth-order valence-corrected chi connectivity index (χ4v) is 9.03. The lowest BCUT2D eigenvalue weighted by Gasteiger charge is -2.60. The summed E-state index contributed by atoms with van der Waals surface area (Å²) in [5, 5.41) is 32.0. The maximum Gasteiger partial charge on any atom is 0.190 e. The summed E-state index contributed by atoms with van der Waals surface area (Å²) in [7, 11) is 0. The number of hydrogen-bond donors (Lipinski definition) is 4. The number of aliphatic hydroxyl groups excluding tert-OH is 2. The SMILES string of the molecule is C[C@]12CC[C@@H](O)C[C@H]1CC[C@@H]1[C@@H]2C(=O)C[C@@]2(C)[C@H]1CC[C@]2(O)C(=O)CO.NCCc1ccc(Cl)cc1Cl. The summed E-state index contributed by atoms with van der Waals surface area (Å²) in [4.78, 5) is 25.7. The molecular formula is C29H41Cl2NO5. The van der Waals surface area contributed by atoms with Gasteiger partial charge in [-0.2, -0.15) is 0 Å². The van der Waals surface area contributed by atoms with Crippen molar-refractivity contribution in [3.63, 3.8) is 0 Å². The lowest BCUT2D eigenvalue weighted by molar-refractivity contribution is -0.180. The molecule has 0 saturated heterocycles. The molecule has 0 bridgehead atoms. The van der Waals surface area contributed by atoms with Gasteiger partial charge in [-0.15, -0.1) is 0 Å². The number of carbonyl (C=O) groups excluding carboxylic acids is 2. The van der Waals surface area contributed by atoms with Crippen LogP contribution in [0.3, 0.4) is 0 Å². The summed E-state index contributed by atoms with van der Waals surface area (Å²) in [5.41, 5.74) is 4.03. The number of fused-ring (bicyclic) bond motifs is 5. The molecule has 8 atom stereocenters. The molecular weight excluding hydrogens is 513 g/mol. The maximum absolute atomic E-state index is 13.4. The Kier molecular flexibility index (Phi) is 8.51. The van der Waals surface area contributed by atoms with Crippen molar-refractivity contribution >= 4 is 34.8 Å². The second kappa shape index (κ2) is 10.9. The highest BCUT2D eigenvalue weighted by molar-refractivity contribution is 6.35. The second-order valence-corrected chi connectivity index (χ2v) is 13.1. The molecule has 0 aromatic heterocycles. The van der Waals surface area contributed by atoms with E-state index in [0.717, 1.165) is 50.5 Å². The number of Topliss-reactive ketones (excluding diaryl/α,β-unsaturated/α-hetero) is 2. The highest BCUT2D eigenvalue weighted by Gasteiger charge is 2.68. The molecule has 0 unspecified atom stereocenters. The standard InChI is InChI=1S/C21H32O5.C8H9Cl2N/c1-19-7-5-13(23)9-12(19)3-4-14-15-6-8-21(26,17(25)11-22)20(15,2)10-16(24)18(14)19;9-7-2-1-6(3-4-11)8(10)5-7/h12-15,18,22-23,26H,3-11H2,1-2H3;1-2,5H,3-4,11H2/t12-,13-,14+,15+,18-,19+,20+,21+;/m1./s1. The Hall–Kier alpha value is -1.02. The van der Waals surface area contributed by atoms with Gasteiger partial charge in [0.25, 0.3) is 0 Å². The lowest BCUT2D eigenvalue weighted by atomic mass is 9.44. The predicted octanol–water partition coefficient (Wildman–Crippen LogP) is 4.36. The van der Waals surface area contributed by atoms with Crippen LogP contribution in [0.5, 0.6) is 0 Å². The Morgan fingerprint density at radius 2 is 1.86 bits per heavy atom. The Morgan fingerprint density at radius 1 is 1.14 bits per heavy atom. The van der Waals surface area contributed by atoms with Crippen molar-refractivity contribution in [2.24, 2.45) is 40.2 Å². The van der Waals surface area contributed by atoms with Crippen LogP contribution in [-0.4, -0.2) is 51.7 Å². The minimum absolute atomic E-state index is 0.0154. The second-order valence-electron chi connectivity index (χ2n) is 12.3. The summed E-state index contributed by atoms with van der Waals surface area (Å²) >= 11 is 11.6. The molecule has 4 aliphatic rings. The number of nitrogens with two attached hydrogens (primary N) is 1. The van der Waals surface area contributed by atoms with E-state index < -0.39 is 23.4 Å². The van der Waals surface area contributed by atoms with Gasteiger partial charge < -0.3 is 21.1 Å². The molecule has 0 heterocycles. The van der Waals surface area contributed by atoms with Crippen LogP contribution >= 0.6 is 23.2 Å². The van der Waals surface area contributed by atoms with E-state index in [1.165, 1.54) is 0 Å². The average Bonchev–Trinajstić information content (AvgIpc) is 3.12. The molecule has 6 nitrogen and oxygen atoms in total. The van der Waals surface area contributed by atoms with Crippen molar-refractivity contribution in [1.82, 2.24) is 0 Å². The molecule has 8 heteroatoms. The summed E-state index contributed by atoms with van der Waals surface area (Å²) in [6, 6.07) is 5.45. The van der Waals surface area contributed by atoms with Crippen molar-refractivity contribution < 1.29 is 24.9 Å². The number of halogens is 2. The third-order valence-corrected chi connectivity index (χ3v) is 11.1. The highest BCUT2D eigenvalue weighted by atomic mass is 35.5. The van der Waals surface area contributed by atoms with Gasteiger partial charge in [0.05, 0.1) is 6.10 Å². The quantitative estimate of drug-likeness (QED) is 0.439. The zero-order chi connectivity index (χ0) is 27.2. The fraction of sp³-hybridized carbons (Fsp3) is 0.724. The van der Waals surface area contributed by atoms with Crippen molar-refractivity contribution in [3.8, 4) is 0 Å². The van der Waals surface area contributed by atoms with E-state index >= 15 is 0 Å². The predicted molar refractivity (Wildman–Crippen MR) is 144 cm³/mol. The van der Waals surface area contributed by atoms with E-state index in [-0.39, 0.29) is 41.5 Å². The van der Waals surface area contributed by atoms with Crippen LogP contribution < -0.4 is 5.73 Å². The molecule has 0 spiro atoms. The van der Waals surface area contributed by atoms with Crippen LogP contribution in [-0.2, 0) is 16.0 Å². The third-order valence-electron chi connectivity index (χ3n) is 10.5. The molecule has 5 N–H and O–H groups in total. The summed E-state index contributed by atoms with van der Waals surface area (Å²) in [5.74, 6) is 0.380. The van der Waals surface area contributed by atoms with Gasteiger partial charge >= 0.3 is 0 Å². The van der Waals surface area contributed by atoms with Crippen LogP contribution in [0.25, 0.3) is 0 Å². The first-order valence-corrected chi connectivity index (χ1v) is 14.4. The molecule has 0 radical (unpaired) electrons. The molecule has 37 heavy (non-hydrogen) atoms. The molecule has 206 valence electrons. The number of ketones is 2. The Balaban J connectivity index is 0.000000245. The van der Waals surface area contributed by atoms with Gasteiger partial charge in [0, 0.05) is 27.8 Å². The summed E-state index contributed by atoms with van der Waals surface area (Å²) in [6.45, 7) is 4.08. The molecule has 4 aliphatic carbocycles. The van der Waals surface area contributed by atoms with Crippen molar-refractivity contribution in [3.05, 3.63) is 33.8 Å². The molecule has 0 amide bonds. The number of aliphatic hydroxyl groups is 3. The van der Waals surface area contributed by atoms with Gasteiger partial charge in [-0.05, 0) is 98.8 Å². The smallest absolute Gasteiger partial charge is 0.190 e. The van der Waals surface area contributed by atoms with Gasteiger partial charge in [-0.25, -0.2) is 0 Å². The van der Waals surface area contributed by atoms with Crippen molar-refractivity contribution in [2.45, 2.75) is 83.3 Å². The van der Waals surface area contributed by atoms with Crippen molar-refractivity contribution in [1.29, 1.82) is 0 Å². The lowest BCUT2D eigenvalue weighted by Crippen LogP contribution is -2.62. The van der Waals surface area contributed by atoms with E-state index in [0.29, 0.717) is 28.9 Å². The minimum Gasteiger partial charge on any atom is -0.393 e. The largest absolute Gasteiger partial charge is 0.393 e. The van der Waals surface area contributed by atoms with Crippen LogP contribution in [0.4, 0.5) is 0 Å². The molecule has 1 aromatic rings. The number of rotatable bonds is 4. The van der Waals surface area contributed by atoms with Gasteiger partial charge in [-0.3, -0.25) is 9.59 Å². The summed E-state index contributed by atoms with van der Waals surface area (Å²) < 4.78 is 0. The van der Waals surface area contributed by atoms with Crippen LogP contribution in [0.1, 0.15) is 70.8 Å². The van der Waals surface area contributed by atoms with E-state index in [2.05, 4.69) is 6.92 Å². The maximum atomic E-state index is 13.4. The molecule has 1 aromatic carbocycles. The normalized spacial score (nSPS) is 40.6. The first-order chi connectivity index (χ1) is 17.4. The number of benzene rings is 1.